The minimum Gasteiger partial charge on any atom is -0.452 e. The molecular weight excluding hydrogens is 470 g/mol. The fourth-order valence-electron chi connectivity index (χ4n) is 3.47. The fraction of sp³-hybridized carbons (Fsp3) is 0.318. The molecule has 1 saturated heterocycles. The maximum Gasteiger partial charge on any atom is 0.338 e. The lowest BCUT2D eigenvalue weighted by Crippen LogP contribution is -2.48. The van der Waals surface area contributed by atoms with E-state index in [1.54, 1.807) is 24.3 Å². The Morgan fingerprint density at radius 2 is 1.70 bits per heavy atom. The van der Waals surface area contributed by atoms with Gasteiger partial charge in [0.25, 0.3) is 5.89 Å². The molecule has 2 atom stereocenters. The van der Waals surface area contributed by atoms with Crippen molar-refractivity contribution in [1.29, 1.82) is 0 Å². The lowest BCUT2D eigenvalue weighted by atomic mass is 10.2. The number of carbonyl (C=O) groups excluding carboxylic acids is 1. The second kappa shape index (κ2) is 9.60. The van der Waals surface area contributed by atoms with Crippen molar-refractivity contribution in [2.24, 2.45) is 0 Å². The first kappa shape index (κ1) is 23.4. The summed E-state index contributed by atoms with van der Waals surface area (Å²) in [5.41, 5.74) is 0.889. The summed E-state index contributed by atoms with van der Waals surface area (Å²) in [4.78, 5) is 12.5. The van der Waals surface area contributed by atoms with Crippen LogP contribution in [-0.4, -0.2) is 54.2 Å². The van der Waals surface area contributed by atoms with Gasteiger partial charge in [-0.1, -0.05) is 11.6 Å². The van der Waals surface area contributed by atoms with Crippen LogP contribution in [0.3, 0.4) is 0 Å². The molecule has 0 bridgehead atoms. The van der Waals surface area contributed by atoms with Crippen molar-refractivity contribution < 1.29 is 27.1 Å². The van der Waals surface area contributed by atoms with E-state index in [9.17, 15) is 13.2 Å². The number of benzene rings is 2. The molecule has 2 aromatic carbocycles. The minimum atomic E-state index is -3.69. The zero-order chi connectivity index (χ0) is 23.6. The molecule has 33 heavy (non-hydrogen) atoms. The number of halogens is 1. The number of carbonyl (C=O) groups is 1. The Labute approximate surface area is 196 Å². The van der Waals surface area contributed by atoms with Crippen LogP contribution in [0.4, 0.5) is 0 Å². The normalized spacial score (nSPS) is 19.4. The smallest absolute Gasteiger partial charge is 0.338 e. The highest BCUT2D eigenvalue weighted by Crippen LogP contribution is 2.23. The summed E-state index contributed by atoms with van der Waals surface area (Å²) in [5.74, 6) is -0.235. The van der Waals surface area contributed by atoms with Crippen LogP contribution in [0.1, 0.15) is 30.1 Å². The standard InChI is InChI=1S/C22H22ClN3O6S/c1-14-11-26(12-15(2)31-14)33(28,29)19-9-5-17(6-10-19)22(27)30-13-20-24-25-21(32-20)16-3-7-18(23)8-4-16/h3-10,14-15H,11-13H2,1-2H3. The zero-order valence-corrected chi connectivity index (χ0v) is 19.5. The van der Waals surface area contributed by atoms with E-state index in [0.717, 1.165) is 0 Å². The maximum absolute atomic E-state index is 12.9. The third kappa shape index (κ3) is 5.41. The Kier molecular flexibility index (Phi) is 6.80. The fourth-order valence-corrected chi connectivity index (χ4v) is 5.19. The van der Waals surface area contributed by atoms with Crippen LogP contribution in [0.2, 0.25) is 5.02 Å². The Balaban J connectivity index is 1.38. The molecule has 9 nitrogen and oxygen atoms in total. The first-order valence-corrected chi connectivity index (χ1v) is 12.1. The number of hydrogen-bond acceptors (Lipinski definition) is 8. The van der Waals surface area contributed by atoms with Gasteiger partial charge in [0.05, 0.1) is 22.7 Å². The van der Waals surface area contributed by atoms with Crippen molar-refractivity contribution in [2.75, 3.05) is 13.1 Å². The minimum absolute atomic E-state index is 0.102. The molecule has 1 aromatic heterocycles. The van der Waals surface area contributed by atoms with Gasteiger partial charge in [-0.25, -0.2) is 13.2 Å². The van der Waals surface area contributed by atoms with Crippen LogP contribution in [-0.2, 0) is 26.1 Å². The molecular formula is C22H22ClN3O6S. The van der Waals surface area contributed by atoms with Gasteiger partial charge in [0, 0.05) is 23.7 Å². The number of nitrogens with zero attached hydrogens (tertiary/aromatic N) is 3. The summed E-state index contributed by atoms with van der Waals surface area (Å²) in [5, 5.41) is 8.38. The average Bonchev–Trinajstić information content (AvgIpc) is 3.26. The van der Waals surface area contributed by atoms with Crippen LogP contribution in [0.15, 0.2) is 57.8 Å². The maximum atomic E-state index is 12.9. The predicted octanol–water partition coefficient (Wildman–Crippen LogP) is 3.54. The van der Waals surface area contributed by atoms with E-state index < -0.39 is 16.0 Å². The predicted molar refractivity (Wildman–Crippen MR) is 119 cm³/mol. The molecule has 3 aromatic rings. The number of aromatic nitrogens is 2. The van der Waals surface area contributed by atoms with Crippen molar-refractivity contribution in [3.8, 4) is 11.5 Å². The monoisotopic (exact) mass is 491 g/mol. The molecule has 0 spiro atoms. The van der Waals surface area contributed by atoms with Crippen LogP contribution >= 0.6 is 11.6 Å². The van der Waals surface area contributed by atoms with Crippen LogP contribution in [0, 0.1) is 0 Å². The molecule has 0 aliphatic carbocycles. The lowest BCUT2D eigenvalue weighted by Gasteiger charge is -2.34. The number of hydrogen-bond donors (Lipinski definition) is 0. The summed E-state index contributed by atoms with van der Waals surface area (Å²) < 4.78 is 43.6. The number of sulfonamides is 1. The van der Waals surface area contributed by atoms with E-state index in [-0.39, 0.29) is 54.1 Å². The Morgan fingerprint density at radius 1 is 1.06 bits per heavy atom. The quantitative estimate of drug-likeness (QED) is 0.481. The highest BCUT2D eigenvalue weighted by atomic mass is 35.5. The largest absolute Gasteiger partial charge is 0.452 e. The molecule has 0 radical (unpaired) electrons. The molecule has 11 heteroatoms. The molecule has 0 amide bonds. The second-order valence-electron chi connectivity index (χ2n) is 7.69. The van der Waals surface area contributed by atoms with Gasteiger partial charge in [0.15, 0.2) is 6.61 Å². The van der Waals surface area contributed by atoms with Crippen molar-refractivity contribution in [1.82, 2.24) is 14.5 Å². The van der Waals surface area contributed by atoms with Gasteiger partial charge in [-0.15, -0.1) is 10.2 Å². The van der Waals surface area contributed by atoms with Crippen molar-refractivity contribution >= 4 is 27.6 Å². The molecule has 2 unspecified atom stereocenters. The van der Waals surface area contributed by atoms with Crippen LogP contribution in [0.25, 0.3) is 11.5 Å². The number of ether oxygens (including phenoxy) is 2. The van der Waals surface area contributed by atoms with Crippen molar-refractivity contribution in [3.05, 3.63) is 65.0 Å². The Hall–Kier alpha value is -2.79. The van der Waals surface area contributed by atoms with Gasteiger partial charge in [0.2, 0.25) is 15.9 Å². The molecule has 4 rings (SSSR count). The molecule has 2 heterocycles. The Bertz CT molecular complexity index is 1220. The first-order valence-electron chi connectivity index (χ1n) is 10.2. The molecule has 1 fully saturated rings. The highest BCUT2D eigenvalue weighted by Gasteiger charge is 2.32. The zero-order valence-electron chi connectivity index (χ0n) is 18.0. The average molecular weight is 492 g/mol. The molecule has 174 valence electrons. The van der Waals surface area contributed by atoms with E-state index in [1.165, 1.54) is 28.6 Å². The third-order valence-electron chi connectivity index (χ3n) is 5.00. The number of morpholine rings is 1. The summed E-state index contributed by atoms with van der Waals surface area (Å²) in [6, 6.07) is 12.5. The molecule has 1 aliphatic rings. The number of esters is 1. The van der Waals surface area contributed by atoms with Gasteiger partial charge in [0.1, 0.15) is 0 Å². The van der Waals surface area contributed by atoms with Gasteiger partial charge in [-0.3, -0.25) is 0 Å². The van der Waals surface area contributed by atoms with Crippen LogP contribution < -0.4 is 0 Å². The molecule has 0 saturated carbocycles. The van der Waals surface area contributed by atoms with E-state index in [2.05, 4.69) is 10.2 Å². The Morgan fingerprint density at radius 3 is 2.33 bits per heavy atom. The van der Waals surface area contributed by atoms with Crippen molar-refractivity contribution in [3.63, 3.8) is 0 Å². The van der Waals surface area contributed by atoms with Gasteiger partial charge in [-0.05, 0) is 62.4 Å². The van der Waals surface area contributed by atoms with E-state index >= 15 is 0 Å². The lowest BCUT2D eigenvalue weighted by molar-refractivity contribution is -0.0440. The highest BCUT2D eigenvalue weighted by molar-refractivity contribution is 7.89. The first-order chi connectivity index (χ1) is 15.7. The molecule has 0 N–H and O–H groups in total. The van der Waals surface area contributed by atoms with E-state index in [4.69, 9.17) is 25.5 Å². The van der Waals surface area contributed by atoms with Crippen LogP contribution in [0.5, 0.6) is 0 Å². The van der Waals surface area contributed by atoms with E-state index in [0.29, 0.717) is 10.6 Å². The topological polar surface area (TPSA) is 112 Å². The SMILES string of the molecule is CC1CN(S(=O)(=O)c2ccc(C(=O)OCc3nnc(-c4ccc(Cl)cc4)o3)cc2)CC(C)O1. The van der Waals surface area contributed by atoms with Gasteiger partial charge >= 0.3 is 5.97 Å². The summed E-state index contributed by atoms with van der Waals surface area (Å²) in [6.45, 7) is 4.00. The second-order valence-corrected chi connectivity index (χ2v) is 10.1. The van der Waals surface area contributed by atoms with Gasteiger partial charge < -0.3 is 13.9 Å². The third-order valence-corrected chi connectivity index (χ3v) is 7.10. The van der Waals surface area contributed by atoms with E-state index in [1.807, 2.05) is 13.8 Å². The summed E-state index contributed by atoms with van der Waals surface area (Å²) in [7, 11) is -3.69. The molecule has 1 aliphatic heterocycles. The summed E-state index contributed by atoms with van der Waals surface area (Å²) >= 11 is 5.87. The number of rotatable bonds is 6. The van der Waals surface area contributed by atoms with Gasteiger partial charge in [-0.2, -0.15) is 4.31 Å². The van der Waals surface area contributed by atoms with Crippen molar-refractivity contribution in [2.45, 2.75) is 37.6 Å². The summed E-state index contributed by atoms with van der Waals surface area (Å²) in [6.07, 6.45) is -0.384.